The molecule has 0 spiro atoms. The Balaban J connectivity index is 0.000000445. The molecule has 2 N–H and O–H groups in total. The first-order valence-corrected chi connectivity index (χ1v) is 9.41. The molecular weight excluding hydrogens is 370 g/mol. The van der Waals surface area contributed by atoms with Gasteiger partial charge in [-0.2, -0.15) is 0 Å². The van der Waals surface area contributed by atoms with Gasteiger partial charge in [0.25, 0.3) is 0 Å². The Labute approximate surface area is 161 Å². The zero-order chi connectivity index (χ0) is 20.2. The van der Waals surface area contributed by atoms with E-state index in [0.29, 0.717) is 19.1 Å². The number of oxazole rings is 1. The van der Waals surface area contributed by atoms with Crippen LogP contribution in [0.15, 0.2) is 28.7 Å². The van der Waals surface area contributed by atoms with Crippen molar-refractivity contribution in [2.45, 2.75) is 27.2 Å². The lowest BCUT2D eigenvalue weighted by atomic mass is 10.1. The van der Waals surface area contributed by atoms with Gasteiger partial charge in [-0.05, 0) is 32.9 Å². The number of aromatic nitrogens is 1. The van der Waals surface area contributed by atoms with Gasteiger partial charge >= 0.3 is 5.97 Å². The van der Waals surface area contributed by atoms with Gasteiger partial charge in [-0.1, -0.05) is 23.6 Å². The second-order valence-corrected chi connectivity index (χ2v) is 6.41. The van der Waals surface area contributed by atoms with Gasteiger partial charge < -0.3 is 18.8 Å². The van der Waals surface area contributed by atoms with Gasteiger partial charge in [0.05, 0.1) is 12.3 Å². The Bertz CT molecular complexity index is 805. The summed E-state index contributed by atoms with van der Waals surface area (Å²) >= 11 is -2.20. The van der Waals surface area contributed by atoms with Crippen molar-refractivity contribution in [3.8, 4) is 23.3 Å². The van der Waals surface area contributed by atoms with E-state index >= 15 is 0 Å². The molecular formula is C19H23NO6S. The molecule has 0 aliphatic rings. The van der Waals surface area contributed by atoms with Crippen LogP contribution in [0.1, 0.15) is 23.9 Å². The van der Waals surface area contributed by atoms with E-state index in [2.05, 4.69) is 35.9 Å². The number of benzene rings is 1. The molecule has 7 nitrogen and oxygen atoms in total. The number of nitrogens with zero attached hydrogens (tertiary/aromatic N) is 1. The van der Waals surface area contributed by atoms with Crippen molar-refractivity contribution in [2.75, 3.05) is 19.0 Å². The number of ether oxygens (including phenoxy) is 1. The van der Waals surface area contributed by atoms with Crippen LogP contribution in [-0.2, 0) is 27.0 Å². The molecule has 1 aromatic carbocycles. The Morgan fingerprint density at radius 2 is 1.96 bits per heavy atom. The van der Waals surface area contributed by atoms with Crippen LogP contribution in [0.2, 0.25) is 0 Å². The van der Waals surface area contributed by atoms with Gasteiger partial charge in [-0.3, -0.25) is 4.79 Å². The molecule has 146 valence electrons. The Morgan fingerprint density at radius 1 is 1.30 bits per heavy atom. The first-order valence-electron chi connectivity index (χ1n) is 8.13. The molecule has 0 fully saturated rings. The third kappa shape index (κ3) is 9.15. The highest BCUT2D eigenvalue weighted by atomic mass is 32.2. The Morgan fingerprint density at radius 3 is 2.48 bits per heavy atom. The van der Waals surface area contributed by atoms with Crippen LogP contribution < -0.4 is 0 Å². The molecule has 0 radical (unpaired) electrons. The van der Waals surface area contributed by atoms with Crippen LogP contribution >= 0.6 is 0 Å². The van der Waals surface area contributed by atoms with Crippen LogP contribution in [0, 0.1) is 25.7 Å². The summed E-state index contributed by atoms with van der Waals surface area (Å²) in [4.78, 5) is 14.0. The average Bonchev–Trinajstić information content (AvgIpc) is 2.95. The van der Waals surface area contributed by atoms with Crippen LogP contribution in [0.4, 0.5) is 0 Å². The second-order valence-electron chi connectivity index (χ2n) is 5.48. The van der Waals surface area contributed by atoms with Crippen molar-refractivity contribution in [1.82, 2.24) is 4.98 Å². The molecule has 2 rings (SSSR count). The van der Waals surface area contributed by atoms with E-state index in [1.165, 1.54) is 5.56 Å². The molecule has 0 aliphatic carbocycles. The fraction of sp³-hybridized carbons (Fsp3) is 0.368. The standard InChI is InChI=1S/C17H19NO2.C2H4O4S/c1-4-5-11-19-12-10-16-14(3)20-17(18-16)15-8-6-13(2)7-9-15;3-2(4)1-7(5)6/h6-9H,10-12H2,1-3H3;1H2,(H,3,4)(H,5,6). The number of carboxylic acids is 1. The second kappa shape index (κ2) is 12.0. The lowest BCUT2D eigenvalue weighted by molar-refractivity contribution is -0.134. The summed E-state index contributed by atoms with van der Waals surface area (Å²) < 4.78 is 28.5. The molecule has 0 bridgehead atoms. The van der Waals surface area contributed by atoms with E-state index in [4.69, 9.17) is 18.8 Å². The van der Waals surface area contributed by atoms with E-state index in [1.54, 1.807) is 6.92 Å². The molecule has 0 aliphatic heterocycles. The molecule has 1 heterocycles. The molecule has 0 saturated carbocycles. The number of hydrogen-bond acceptors (Lipinski definition) is 5. The van der Waals surface area contributed by atoms with Crippen LogP contribution in [-0.4, -0.2) is 43.8 Å². The molecule has 1 unspecified atom stereocenters. The molecule has 0 amide bonds. The van der Waals surface area contributed by atoms with Gasteiger partial charge in [0, 0.05) is 12.0 Å². The molecule has 1 aromatic heterocycles. The molecule has 1 atom stereocenters. The summed E-state index contributed by atoms with van der Waals surface area (Å²) in [6.45, 7) is 6.88. The monoisotopic (exact) mass is 393 g/mol. The predicted molar refractivity (Wildman–Crippen MR) is 103 cm³/mol. The van der Waals surface area contributed by atoms with E-state index in [-0.39, 0.29) is 0 Å². The first-order chi connectivity index (χ1) is 12.8. The highest BCUT2D eigenvalue weighted by Crippen LogP contribution is 2.22. The molecule has 27 heavy (non-hydrogen) atoms. The summed E-state index contributed by atoms with van der Waals surface area (Å²) in [6.07, 6.45) is 0.743. The number of aryl methyl sites for hydroxylation is 2. The highest BCUT2D eigenvalue weighted by Gasteiger charge is 2.11. The number of rotatable bonds is 7. The maximum absolute atomic E-state index is 9.54. The van der Waals surface area contributed by atoms with E-state index in [0.717, 1.165) is 23.4 Å². The van der Waals surface area contributed by atoms with Gasteiger partial charge in [0.1, 0.15) is 18.1 Å². The Hall–Kier alpha value is -2.47. The summed E-state index contributed by atoms with van der Waals surface area (Å²) in [6, 6.07) is 8.16. The summed E-state index contributed by atoms with van der Waals surface area (Å²) in [5.41, 5.74) is 3.18. The Kier molecular flexibility index (Phi) is 10.0. The summed E-state index contributed by atoms with van der Waals surface area (Å²) in [5.74, 6) is 5.24. The van der Waals surface area contributed by atoms with Crippen molar-refractivity contribution in [3.05, 3.63) is 41.3 Å². The van der Waals surface area contributed by atoms with Crippen molar-refractivity contribution >= 4 is 17.0 Å². The van der Waals surface area contributed by atoms with E-state index in [1.807, 2.05) is 19.1 Å². The normalized spacial score (nSPS) is 11.0. The number of carboxylic acid groups (broad SMARTS) is 1. The maximum atomic E-state index is 9.54. The molecule has 8 heteroatoms. The average molecular weight is 393 g/mol. The third-order valence-corrected chi connectivity index (χ3v) is 3.77. The van der Waals surface area contributed by atoms with E-state index in [9.17, 15) is 9.00 Å². The number of aliphatic carboxylic acids is 1. The van der Waals surface area contributed by atoms with Crippen molar-refractivity contribution in [3.63, 3.8) is 0 Å². The topological polar surface area (TPSA) is 110 Å². The SMILES string of the molecule is CC#CCOCCc1nc(-c2ccc(C)cc2)oc1C.O=C(O)CS(=O)O. The summed E-state index contributed by atoms with van der Waals surface area (Å²) in [7, 11) is 0. The predicted octanol–water partition coefficient (Wildman–Crippen LogP) is 2.83. The minimum atomic E-state index is -2.20. The fourth-order valence-electron chi connectivity index (χ4n) is 1.95. The zero-order valence-electron chi connectivity index (χ0n) is 15.5. The van der Waals surface area contributed by atoms with E-state index < -0.39 is 22.8 Å². The van der Waals surface area contributed by atoms with Crippen LogP contribution in [0.5, 0.6) is 0 Å². The van der Waals surface area contributed by atoms with Gasteiger partial charge in [0.15, 0.2) is 11.1 Å². The van der Waals surface area contributed by atoms with Crippen LogP contribution in [0.25, 0.3) is 11.5 Å². The molecule has 0 saturated heterocycles. The van der Waals surface area contributed by atoms with Gasteiger partial charge in [-0.25, -0.2) is 9.19 Å². The minimum absolute atomic E-state index is 0.470. The first kappa shape index (κ1) is 22.6. The zero-order valence-corrected chi connectivity index (χ0v) is 16.3. The lowest BCUT2D eigenvalue weighted by Gasteiger charge is -1.97. The smallest absolute Gasteiger partial charge is 0.318 e. The van der Waals surface area contributed by atoms with Crippen molar-refractivity contribution < 1.29 is 27.8 Å². The number of hydrogen-bond donors (Lipinski definition) is 2. The van der Waals surface area contributed by atoms with Gasteiger partial charge in [0.2, 0.25) is 5.89 Å². The van der Waals surface area contributed by atoms with Crippen molar-refractivity contribution in [2.24, 2.45) is 0 Å². The fourth-order valence-corrected chi connectivity index (χ4v) is 2.16. The molecule has 2 aromatic rings. The lowest BCUT2D eigenvalue weighted by Crippen LogP contribution is -2.06. The quantitative estimate of drug-likeness (QED) is 0.423. The van der Waals surface area contributed by atoms with Crippen LogP contribution in [0.3, 0.4) is 0 Å². The maximum Gasteiger partial charge on any atom is 0.318 e. The minimum Gasteiger partial charge on any atom is -0.480 e. The third-order valence-electron chi connectivity index (χ3n) is 3.27. The largest absolute Gasteiger partial charge is 0.480 e. The highest BCUT2D eigenvalue weighted by molar-refractivity contribution is 7.79. The van der Waals surface area contributed by atoms with Gasteiger partial charge in [-0.15, -0.1) is 5.92 Å². The summed E-state index contributed by atoms with van der Waals surface area (Å²) in [5, 5.41) is 7.73. The number of carbonyl (C=O) groups is 1. The van der Waals surface area contributed by atoms with Crippen molar-refractivity contribution in [1.29, 1.82) is 0 Å².